The van der Waals surface area contributed by atoms with Crippen molar-refractivity contribution >= 4 is 11.8 Å². The topological polar surface area (TPSA) is 75.6 Å². The van der Waals surface area contributed by atoms with Crippen molar-refractivity contribution in [1.29, 1.82) is 0 Å². The van der Waals surface area contributed by atoms with Gasteiger partial charge in [-0.1, -0.05) is 12.8 Å². The van der Waals surface area contributed by atoms with Crippen molar-refractivity contribution in [1.82, 2.24) is 9.97 Å². The Hall–Kier alpha value is -1.85. The molecular weight excluding hydrogens is 258 g/mol. The highest BCUT2D eigenvalue weighted by Gasteiger charge is 2.29. The van der Waals surface area contributed by atoms with E-state index in [1.54, 1.807) is 0 Å². The number of aromatic nitrogens is 2. The van der Waals surface area contributed by atoms with Crippen LogP contribution < -0.4 is 9.64 Å². The molecule has 1 atom stereocenters. The van der Waals surface area contributed by atoms with Gasteiger partial charge in [-0.2, -0.15) is 0 Å². The summed E-state index contributed by atoms with van der Waals surface area (Å²) >= 11 is 0. The van der Waals surface area contributed by atoms with Crippen LogP contribution in [0.25, 0.3) is 0 Å². The van der Waals surface area contributed by atoms with E-state index in [1.165, 1.54) is 6.33 Å². The maximum absolute atomic E-state index is 11.5. The Bertz CT molecular complexity index is 479. The largest absolute Gasteiger partial charge is 0.480 e. The molecule has 2 rings (SSSR count). The van der Waals surface area contributed by atoms with Crippen molar-refractivity contribution in [3.63, 3.8) is 0 Å². The maximum Gasteiger partial charge on any atom is 0.326 e. The first-order valence-electron chi connectivity index (χ1n) is 7.09. The third-order valence-corrected chi connectivity index (χ3v) is 3.60. The molecule has 0 aromatic carbocycles. The van der Waals surface area contributed by atoms with Crippen molar-refractivity contribution < 1.29 is 14.6 Å². The van der Waals surface area contributed by atoms with Gasteiger partial charge in [0.1, 0.15) is 18.2 Å². The first-order valence-corrected chi connectivity index (χ1v) is 7.09. The zero-order valence-corrected chi connectivity index (χ0v) is 12.0. The molecule has 6 nitrogen and oxygen atoms in total. The first-order chi connectivity index (χ1) is 9.65. The number of carboxylic acids is 1. The molecule has 20 heavy (non-hydrogen) atoms. The molecule has 0 aliphatic carbocycles. The Balaban J connectivity index is 2.36. The number of carboxylic acid groups (broad SMARTS) is 1. The summed E-state index contributed by atoms with van der Waals surface area (Å²) in [6.45, 7) is 5.01. The number of hydrogen-bond donors (Lipinski definition) is 1. The predicted molar refractivity (Wildman–Crippen MR) is 75.2 cm³/mol. The Kier molecular flexibility index (Phi) is 4.76. The Morgan fingerprint density at radius 3 is 2.95 bits per heavy atom. The van der Waals surface area contributed by atoms with Gasteiger partial charge in [-0.15, -0.1) is 0 Å². The Morgan fingerprint density at radius 2 is 2.25 bits per heavy atom. The van der Waals surface area contributed by atoms with Gasteiger partial charge < -0.3 is 14.7 Å². The molecule has 0 bridgehead atoms. The lowest BCUT2D eigenvalue weighted by Gasteiger charge is -2.29. The van der Waals surface area contributed by atoms with Crippen LogP contribution in [-0.2, 0) is 4.79 Å². The van der Waals surface area contributed by atoms with Gasteiger partial charge in [0.25, 0.3) is 0 Å². The smallest absolute Gasteiger partial charge is 0.326 e. The number of carbonyl (C=O) groups is 1. The second-order valence-electron chi connectivity index (χ2n) is 4.96. The van der Waals surface area contributed by atoms with Crippen molar-refractivity contribution in [3.8, 4) is 5.88 Å². The molecule has 0 spiro atoms. The van der Waals surface area contributed by atoms with Crippen molar-refractivity contribution in [2.45, 2.75) is 45.6 Å². The number of anilines is 1. The van der Waals surface area contributed by atoms with Crippen LogP contribution in [0.15, 0.2) is 6.33 Å². The van der Waals surface area contributed by atoms with E-state index >= 15 is 0 Å². The molecule has 2 heterocycles. The van der Waals surface area contributed by atoms with Gasteiger partial charge in [0.15, 0.2) is 0 Å². The molecule has 1 saturated heterocycles. The van der Waals surface area contributed by atoms with Crippen LogP contribution in [0.2, 0.25) is 0 Å². The average molecular weight is 279 g/mol. The highest BCUT2D eigenvalue weighted by molar-refractivity contribution is 5.78. The number of nitrogens with zero attached hydrogens (tertiary/aromatic N) is 3. The molecule has 1 aromatic heterocycles. The molecule has 110 valence electrons. The third-order valence-electron chi connectivity index (χ3n) is 3.60. The molecule has 0 amide bonds. The SMILES string of the molecule is CCOc1ncnc(N2CCCCCC2C(=O)O)c1C. The standard InChI is InChI=1S/C14H21N3O3/c1-3-20-13-10(2)12(15-9-16-13)17-8-6-4-5-7-11(17)14(18)19/h9,11H,3-8H2,1-2H3,(H,18,19). The highest BCUT2D eigenvalue weighted by atomic mass is 16.5. The summed E-state index contributed by atoms with van der Waals surface area (Å²) in [7, 11) is 0. The summed E-state index contributed by atoms with van der Waals surface area (Å²) in [6, 6.07) is -0.513. The lowest BCUT2D eigenvalue weighted by atomic mass is 10.1. The summed E-state index contributed by atoms with van der Waals surface area (Å²) in [6.07, 6.45) is 5.08. The Labute approximate surface area is 118 Å². The zero-order chi connectivity index (χ0) is 14.5. The van der Waals surface area contributed by atoms with E-state index in [0.717, 1.165) is 24.8 Å². The van der Waals surface area contributed by atoms with Gasteiger partial charge in [0.05, 0.1) is 12.2 Å². The molecular formula is C14H21N3O3. The quantitative estimate of drug-likeness (QED) is 0.908. The summed E-state index contributed by atoms with van der Waals surface area (Å²) in [4.78, 5) is 21.8. The van der Waals surface area contributed by atoms with Gasteiger partial charge >= 0.3 is 5.97 Å². The second kappa shape index (κ2) is 6.54. The van der Waals surface area contributed by atoms with Crippen molar-refractivity contribution in [2.24, 2.45) is 0 Å². The molecule has 1 N–H and O–H groups in total. The monoisotopic (exact) mass is 279 g/mol. The lowest BCUT2D eigenvalue weighted by molar-refractivity contribution is -0.138. The molecule has 1 aliphatic rings. The van der Waals surface area contributed by atoms with Crippen LogP contribution in [0, 0.1) is 6.92 Å². The summed E-state index contributed by atoms with van der Waals surface area (Å²) in [5, 5.41) is 9.44. The zero-order valence-electron chi connectivity index (χ0n) is 12.0. The highest BCUT2D eigenvalue weighted by Crippen LogP contribution is 2.29. The molecule has 6 heteroatoms. The number of ether oxygens (including phenoxy) is 1. The predicted octanol–water partition coefficient (Wildman–Crippen LogP) is 2.02. The van der Waals surface area contributed by atoms with E-state index < -0.39 is 12.0 Å². The second-order valence-corrected chi connectivity index (χ2v) is 4.96. The third kappa shape index (κ3) is 3.00. The van der Waals surface area contributed by atoms with Gasteiger partial charge in [-0.3, -0.25) is 0 Å². The lowest BCUT2D eigenvalue weighted by Crippen LogP contribution is -2.41. The molecule has 1 aromatic rings. The summed E-state index contributed by atoms with van der Waals surface area (Å²) in [5.41, 5.74) is 0.808. The number of aliphatic carboxylic acids is 1. The van der Waals surface area contributed by atoms with E-state index in [2.05, 4.69) is 9.97 Å². The normalized spacial score (nSPS) is 19.5. The fourth-order valence-corrected chi connectivity index (χ4v) is 2.62. The fraction of sp³-hybridized carbons (Fsp3) is 0.643. The average Bonchev–Trinajstić information content (AvgIpc) is 2.67. The van der Waals surface area contributed by atoms with Gasteiger partial charge in [-0.05, 0) is 26.7 Å². The van der Waals surface area contributed by atoms with Crippen molar-refractivity contribution in [3.05, 3.63) is 11.9 Å². The van der Waals surface area contributed by atoms with E-state index in [1.807, 2.05) is 18.7 Å². The fourth-order valence-electron chi connectivity index (χ4n) is 2.62. The minimum absolute atomic E-state index is 0.513. The number of rotatable bonds is 4. The molecule has 1 fully saturated rings. The van der Waals surface area contributed by atoms with Crippen molar-refractivity contribution in [2.75, 3.05) is 18.1 Å². The van der Waals surface area contributed by atoms with Gasteiger partial charge in [0.2, 0.25) is 5.88 Å². The van der Waals surface area contributed by atoms with Crippen LogP contribution in [0.1, 0.15) is 38.2 Å². The number of hydrogen-bond acceptors (Lipinski definition) is 5. The van der Waals surface area contributed by atoms with Crippen LogP contribution in [0.4, 0.5) is 5.82 Å². The molecule has 1 unspecified atom stereocenters. The minimum atomic E-state index is -0.789. The van der Waals surface area contributed by atoms with Gasteiger partial charge in [-0.25, -0.2) is 14.8 Å². The summed E-state index contributed by atoms with van der Waals surface area (Å²) in [5.74, 6) is 0.423. The van der Waals surface area contributed by atoms with E-state index in [4.69, 9.17) is 4.74 Å². The van der Waals surface area contributed by atoms with Crippen LogP contribution >= 0.6 is 0 Å². The molecule has 0 radical (unpaired) electrons. The molecule has 1 aliphatic heterocycles. The first kappa shape index (κ1) is 14.6. The van der Waals surface area contributed by atoms with Gasteiger partial charge in [0, 0.05) is 6.54 Å². The van der Waals surface area contributed by atoms with Crippen LogP contribution in [0.5, 0.6) is 5.88 Å². The van der Waals surface area contributed by atoms with E-state index in [-0.39, 0.29) is 0 Å². The summed E-state index contributed by atoms with van der Waals surface area (Å²) < 4.78 is 5.47. The van der Waals surface area contributed by atoms with E-state index in [9.17, 15) is 9.90 Å². The van der Waals surface area contributed by atoms with E-state index in [0.29, 0.717) is 31.3 Å². The maximum atomic E-state index is 11.5. The van der Waals surface area contributed by atoms with Crippen LogP contribution in [0.3, 0.4) is 0 Å². The molecule has 0 saturated carbocycles. The minimum Gasteiger partial charge on any atom is -0.480 e. The van der Waals surface area contributed by atoms with Crippen LogP contribution in [-0.4, -0.2) is 40.2 Å². The Morgan fingerprint density at radius 1 is 1.45 bits per heavy atom.